The molecular formula is C17H18F2N2O2. The first-order valence-corrected chi connectivity index (χ1v) is 7.23. The van der Waals surface area contributed by atoms with Gasteiger partial charge in [-0.2, -0.15) is 0 Å². The van der Waals surface area contributed by atoms with Crippen molar-refractivity contribution in [3.05, 3.63) is 70.8 Å². The molecule has 0 spiro atoms. The first kappa shape index (κ1) is 16.9. The first-order valence-electron chi connectivity index (χ1n) is 7.23. The average Bonchev–Trinajstić information content (AvgIpc) is 2.52. The second-order valence-corrected chi connectivity index (χ2v) is 5.06. The fourth-order valence-electron chi connectivity index (χ4n) is 2.20. The van der Waals surface area contributed by atoms with Crippen molar-refractivity contribution in [1.29, 1.82) is 0 Å². The van der Waals surface area contributed by atoms with Crippen LogP contribution in [0.2, 0.25) is 0 Å². The third-order valence-electron chi connectivity index (χ3n) is 3.35. The highest BCUT2D eigenvalue weighted by Gasteiger charge is 2.05. The Morgan fingerprint density at radius 3 is 2.30 bits per heavy atom. The van der Waals surface area contributed by atoms with E-state index in [1.165, 1.54) is 12.1 Å². The average molecular weight is 320 g/mol. The molecule has 0 saturated heterocycles. The van der Waals surface area contributed by atoms with Crippen LogP contribution < -0.4 is 10.6 Å². The fraction of sp³-hybridized carbons (Fsp3) is 0.235. The van der Waals surface area contributed by atoms with Crippen LogP contribution >= 0.6 is 0 Å². The maximum atomic E-state index is 13.0. The minimum absolute atomic E-state index is 0.0927. The zero-order valence-corrected chi connectivity index (χ0v) is 12.5. The number of aliphatic hydroxyl groups excluding tert-OH is 1. The van der Waals surface area contributed by atoms with Gasteiger partial charge in [0.1, 0.15) is 11.6 Å². The van der Waals surface area contributed by atoms with E-state index in [9.17, 15) is 18.7 Å². The zero-order valence-electron chi connectivity index (χ0n) is 12.5. The van der Waals surface area contributed by atoms with E-state index < -0.39 is 11.6 Å². The van der Waals surface area contributed by atoms with Crippen LogP contribution in [0, 0.1) is 11.6 Å². The van der Waals surface area contributed by atoms with Gasteiger partial charge in [-0.15, -0.1) is 0 Å². The van der Waals surface area contributed by atoms with Crippen LogP contribution in [-0.2, 0) is 19.6 Å². The lowest BCUT2D eigenvalue weighted by Gasteiger charge is -2.10. The van der Waals surface area contributed by atoms with Gasteiger partial charge in [-0.25, -0.2) is 13.6 Å². The smallest absolute Gasteiger partial charge is 0.315 e. The van der Waals surface area contributed by atoms with Gasteiger partial charge in [0.2, 0.25) is 0 Å². The normalized spacial score (nSPS) is 10.4. The molecule has 0 aliphatic heterocycles. The minimum Gasteiger partial charge on any atom is -0.392 e. The molecule has 0 bridgehead atoms. The Morgan fingerprint density at radius 2 is 1.65 bits per heavy atom. The van der Waals surface area contributed by atoms with Crippen molar-refractivity contribution in [2.75, 3.05) is 6.54 Å². The topological polar surface area (TPSA) is 61.4 Å². The van der Waals surface area contributed by atoms with Crippen LogP contribution in [0.1, 0.15) is 16.7 Å². The van der Waals surface area contributed by atoms with Crippen LogP contribution in [0.5, 0.6) is 0 Å². The molecule has 0 heterocycles. The van der Waals surface area contributed by atoms with Crippen LogP contribution in [-0.4, -0.2) is 17.7 Å². The Hall–Kier alpha value is -2.47. The van der Waals surface area contributed by atoms with Crippen molar-refractivity contribution in [3.63, 3.8) is 0 Å². The molecule has 6 heteroatoms. The summed E-state index contributed by atoms with van der Waals surface area (Å²) in [4.78, 5) is 11.7. The van der Waals surface area contributed by atoms with Gasteiger partial charge >= 0.3 is 6.03 Å². The van der Waals surface area contributed by atoms with Gasteiger partial charge in [-0.05, 0) is 35.2 Å². The quantitative estimate of drug-likeness (QED) is 0.766. The maximum absolute atomic E-state index is 13.0. The third kappa shape index (κ3) is 5.34. The Kier molecular flexibility index (Phi) is 6.05. The van der Waals surface area contributed by atoms with Crippen LogP contribution in [0.3, 0.4) is 0 Å². The number of carbonyl (C=O) groups is 1. The minimum atomic E-state index is -0.634. The molecule has 0 fully saturated rings. The number of halogens is 2. The number of rotatable bonds is 6. The highest BCUT2D eigenvalue weighted by Crippen LogP contribution is 2.09. The molecule has 2 aromatic rings. The highest BCUT2D eigenvalue weighted by molar-refractivity contribution is 5.73. The number of amides is 2. The number of benzene rings is 2. The molecule has 23 heavy (non-hydrogen) atoms. The van der Waals surface area contributed by atoms with Crippen molar-refractivity contribution < 1.29 is 18.7 Å². The van der Waals surface area contributed by atoms with E-state index in [4.69, 9.17) is 0 Å². The second kappa shape index (κ2) is 8.24. The number of urea groups is 1. The van der Waals surface area contributed by atoms with Gasteiger partial charge in [0, 0.05) is 19.2 Å². The molecule has 0 radical (unpaired) electrons. The third-order valence-corrected chi connectivity index (χ3v) is 3.35. The summed E-state index contributed by atoms with van der Waals surface area (Å²) in [5.41, 5.74) is 2.06. The van der Waals surface area contributed by atoms with Gasteiger partial charge in [0.15, 0.2) is 0 Å². The summed E-state index contributed by atoms with van der Waals surface area (Å²) in [7, 11) is 0. The van der Waals surface area contributed by atoms with E-state index >= 15 is 0 Å². The Labute approximate surface area is 133 Å². The van der Waals surface area contributed by atoms with Crippen molar-refractivity contribution in [2.24, 2.45) is 0 Å². The summed E-state index contributed by atoms with van der Waals surface area (Å²) in [6, 6.07) is 10.1. The molecule has 0 saturated carbocycles. The van der Waals surface area contributed by atoms with Gasteiger partial charge in [-0.3, -0.25) is 0 Å². The molecule has 2 aromatic carbocycles. The Bertz CT molecular complexity index is 657. The molecule has 2 amide bonds. The van der Waals surface area contributed by atoms with Gasteiger partial charge in [0.25, 0.3) is 0 Å². The first-order chi connectivity index (χ1) is 11.1. The molecule has 122 valence electrons. The summed E-state index contributed by atoms with van der Waals surface area (Å²) in [6.45, 7) is 0.456. The highest BCUT2D eigenvalue weighted by atomic mass is 19.1. The predicted molar refractivity (Wildman–Crippen MR) is 82.7 cm³/mol. The largest absolute Gasteiger partial charge is 0.392 e. The number of hydrogen-bond acceptors (Lipinski definition) is 2. The maximum Gasteiger partial charge on any atom is 0.315 e. The van der Waals surface area contributed by atoms with E-state index in [1.807, 2.05) is 18.2 Å². The molecule has 0 aliphatic rings. The molecule has 3 N–H and O–H groups in total. The molecule has 0 aromatic heterocycles. The SMILES string of the molecule is O=C(NCCc1cc(F)cc(F)c1)NCc1ccccc1CO. The summed E-state index contributed by atoms with van der Waals surface area (Å²) >= 11 is 0. The standard InChI is InChI=1S/C17H18F2N2O2/c18-15-7-12(8-16(19)9-15)5-6-20-17(23)21-10-13-3-1-2-4-14(13)11-22/h1-4,7-9,22H,5-6,10-11H2,(H2,20,21,23). The number of carbonyl (C=O) groups excluding carboxylic acids is 1. The van der Waals surface area contributed by atoms with Crippen LogP contribution in [0.4, 0.5) is 13.6 Å². The summed E-state index contributed by atoms with van der Waals surface area (Å²) in [5.74, 6) is -1.27. The summed E-state index contributed by atoms with van der Waals surface area (Å²) < 4.78 is 26.1. The second-order valence-electron chi connectivity index (χ2n) is 5.06. The number of nitrogens with one attached hydrogen (secondary N) is 2. The Morgan fingerprint density at radius 1 is 1.00 bits per heavy atom. The lowest BCUT2D eigenvalue weighted by atomic mass is 10.1. The van der Waals surface area contributed by atoms with E-state index in [0.29, 0.717) is 12.0 Å². The monoisotopic (exact) mass is 320 g/mol. The van der Waals surface area contributed by atoms with Crippen molar-refractivity contribution >= 4 is 6.03 Å². The van der Waals surface area contributed by atoms with Crippen LogP contribution in [0.15, 0.2) is 42.5 Å². The zero-order chi connectivity index (χ0) is 16.7. The molecule has 0 atom stereocenters. The van der Waals surface area contributed by atoms with Gasteiger partial charge in [-0.1, -0.05) is 24.3 Å². The molecule has 4 nitrogen and oxygen atoms in total. The van der Waals surface area contributed by atoms with Crippen molar-refractivity contribution in [1.82, 2.24) is 10.6 Å². The lowest BCUT2D eigenvalue weighted by Crippen LogP contribution is -2.36. The van der Waals surface area contributed by atoms with Gasteiger partial charge in [0.05, 0.1) is 6.61 Å². The van der Waals surface area contributed by atoms with Crippen LogP contribution in [0.25, 0.3) is 0 Å². The van der Waals surface area contributed by atoms with E-state index in [2.05, 4.69) is 10.6 Å². The molecule has 2 rings (SSSR count). The van der Waals surface area contributed by atoms with E-state index in [0.717, 1.165) is 17.2 Å². The Balaban J connectivity index is 1.77. The van der Waals surface area contributed by atoms with E-state index in [-0.39, 0.29) is 25.7 Å². The van der Waals surface area contributed by atoms with Crippen molar-refractivity contribution in [3.8, 4) is 0 Å². The summed E-state index contributed by atoms with van der Waals surface area (Å²) in [6.07, 6.45) is 0.329. The van der Waals surface area contributed by atoms with Crippen molar-refractivity contribution in [2.45, 2.75) is 19.6 Å². The van der Waals surface area contributed by atoms with E-state index in [1.54, 1.807) is 6.07 Å². The summed E-state index contributed by atoms with van der Waals surface area (Å²) in [5, 5.41) is 14.5. The predicted octanol–water partition coefficient (Wildman–Crippen LogP) is 2.50. The fourth-order valence-corrected chi connectivity index (χ4v) is 2.20. The molecule has 0 aliphatic carbocycles. The lowest BCUT2D eigenvalue weighted by molar-refractivity contribution is 0.240. The number of hydrogen-bond donors (Lipinski definition) is 3. The number of aliphatic hydroxyl groups is 1. The molecule has 0 unspecified atom stereocenters. The molecular weight excluding hydrogens is 302 g/mol. The van der Waals surface area contributed by atoms with Gasteiger partial charge < -0.3 is 15.7 Å².